The summed E-state index contributed by atoms with van der Waals surface area (Å²) in [5, 5.41) is 11.7. The van der Waals surface area contributed by atoms with Crippen LogP contribution in [0, 0.1) is 0 Å². The number of aliphatic hydroxyl groups excluding tert-OH is 1. The molecule has 92 valence electrons. The van der Waals surface area contributed by atoms with Gasteiger partial charge in [-0.05, 0) is 11.1 Å². The van der Waals surface area contributed by atoms with Gasteiger partial charge in [-0.1, -0.05) is 24.3 Å². The molecule has 5 heteroatoms. The molecule has 0 spiro atoms. The van der Waals surface area contributed by atoms with E-state index in [2.05, 4.69) is 15.3 Å². The normalized spacial score (nSPS) is 11.8. The lowest BCUT2D eigenvalue weighted by atomic mass is 10.0. The smallest absolute Gasteiger partial charge is 0.207 e. The number of nitrogens with zero attached hydrogens (tertiary/aromatic N) is 2. The number of amides is 1. The van der Waals surface area contributed by atoms with Crippen molar-refractivity contribution < 1.29 is 9.90 Å². The third-order valence-electron chi connectivity index (χ3n) is 2.66. The average molecular weight is 243 g/mol. The van der Waals surface area contributed by atoms with Crippen molar-refractivity contribution in [3.8, 4) is 11.1 Å². The molecule has 0 radical (unpaired) electrons. The molecule has 1 aromatic heterocycles. The van der Waals surface area contributed by atoms with Crippen LogP contribution in [0.1, 0.15) is 11.6 Å². The maximum Gasteiger partial charge on any atom is 0.207 e. The van der Waals surface area contributed by atoms with Gasteiger partial charge in [-0.25, -0.2) is 9.97 Å². The molecule has 2 aromatic rings. The van der Waals surface area contributed by atoms with E-state index < -0.39 is 0 Å². The lowest BCUT2D eigenvalue weighted by Gasteiger charge is -2.13. The van der Waals surface area contributed by atoms with Gasteiger partial charge in [0, 0.05) is 18.0 Å². The lowest BCUT2D eigenvalue weighted by molar-refractivity contribution is -0.110. The second-order valence-corrected chi connectivity index (χ2v) is 3.77. The van der Waals surface area contributed by atoms with E-state index in [1.807, 2.05) is 24.3 Å². The first-order chi connectivity index (χ1) is 8.85. The lowest BCUT2D eigenvalue weighted by Crippen LogP contribution is -2.22. The molecular formula is C13H13N3O2. The Hall–Kier alpha value is -2.27. The average Bonchev–Trinajstić information content (AvgIpc) is 2.46. The van der Waals surface area contributed by atoms with E-state index in [-0.39, 0.29) is 12.6 Å². The van der Waals surface area contributed by atoms with E-state index in [1.165, 1.54) is 6.33 Å². The molecule has 1 atom stereocenters. The van der Waals surface area contributed by atoms with E-state index in [0.29, 0.717) is 6.41 Å². The quantitative estimate of drug-likeness (QED) is 0.766. The fourth-order valence-corrected chi connectivity index (χ4v) is 1.69. The number of aromatic nitrogens is 2. The summed E-state index contributed by atoms with van der Waals surface area (Å²) in [6.07, 6.45) is 5.53. The predicted octanol–water partition coefficient (Wildman–Crippen LogP) is 0.923. The summed E-state index contributed by atoms with van der Waals surface area (Å²) in [7, 11) is 0. The number of rotatable bonds is 5. The third kappa shape index (κ3) is 2.70. The van der Waals surface area contributed by atoms with Crippen LogP contribution in [-0.2, 0) is 4.79 Å². The molecule has 0 aliphatic heterocycles. The van der Waals surface area contributed by atoms with Gasteiger partial charge in [-0.2, -0.15) is 0 Å². The number of aliphatic hydroxyl groups is 1. The van der Waals surface area contributed by atoms with Crippen molar-refractivity contribution in [1.29, 1.82) is 0 Å². The topological polar surface area (TPSA) is 75.1 Å². The number of nitrogens with one attached hydrogen (secondary N) is 1. The van der Waals surface area contributed by atoms with Crippen LogP contribution in [0.2, 0.25) is 0 Å². The van der Waals surface area contributed by atoms with Gasteiger partial charge in [0.25, 0.3) is 0 Å². The Bertz CT molecular complexity index is 499. The van der Waals surface area contributed by atoms with Gasteiger partial charge in [-0.3, -0.25) is 4.79 Å². The summed E-state index contributed by atoms with van der Waals surface area (Å²) in [5.41, 5.74) is 2.76. The Balaban J connectivity index is 2.22. The van der Waals surface area contributed by atoms with Crippen LogP contribution in [0.4, 0.5) is 0 Å². The van der Waals surface area contributed by atoms with Crippen LogP contribution in [-0.4, -0.2) is 28.1 Å². The first-order valence-corrected chi connectivity index (χ1v) is 5.51. The van der Waals surface area contributed by atoms with Gasteiger partial charge >= 0.3 is 0 Å². The molecule has 0 saturated carbocycles. The fourth-order valence-electron chi connectivity index (χ4n) is 1.69. The maximum atomic E-state index is 10.4. The second kappa shape index (κ2) is 5.88. The van der Waals surface area contributed by atoms with Gasteiger partial charge in [0.2, 0.25) is 6.41 Å². The highest BCUT2D eigenvalue weighted by molar-refractivity contribution is 5.61. The Morgan fingerprint density at radius 1 is 1.17 bits per heavy atom. The molecule has 0 aliphatic rings. The number of carbonyl (C=O) groups is 1. The van der Waals surface area contributed by atoms with E-state index in [0.717, 1.165) is 16.7 Å². The van der Waals surface area contributed by atoms with E-state index >= 15 is 0 Å². The Morgan fingerprint density at radius 2 is 1.83 bits per heavy atom. The van der Waals surface area contributed by atoms with Crippen LogP contribution in [0.25, 0.3) is 11.1 Å². The van der Waals surface area contributed by atoms with Crippen LogP contribution >= 0.6 is 0 Å². The maximum absolute atomic E-state index is 10.4. The SMILES string of the molecule is O=CNC(CO)c1ccc(-c2cncnc2)cc1. The minimum Gasteiger partial charge on any atom is -0.394 e. The number of hydrogen-bond acceptors (Lipinski definition) is 4. The molecule has 0 bridgehead atoms. The zero-order valence-electron chi connectivity index (χ0n) is 9.65. The van der Waals surface area contributed by atoms with Gasteiger partial charge in [0.1, 0.15) is 6.33 Å². The molecule has 0 aliphatic carbocycles. The number of benzene rings is 1. The molecule has 2 rings (SSSR count). The summed E-state index contributed by atoms with van der Waals surface area (Å²) >= 11 is 0. The van der Waals surface area contributed by atoms with Crippen molar-refractivity contribution in [3.63, 3.8) is 0 Å². The van der Waals surface area contributed by atoms with Crippen molar-refractivity contribution in [3.05, 3.63) is 48.5 Å². The molecule has 1 amide bonds. The third-order valence-corrected chi connectivity index (χ3v) is 2.66. The van der Waals surface area contributed by atoms with Crippen molar-refractivity contribution >= 4 is 6.41 Å². The second-order valence-electron chi connectivity index (χ2n) is 3.77. The van der Waals surface area contributed by atoms with Crippen LogP contribution in [0.3, 0.4) is 0 Å². The van der Waals surface area contributed by atoms with Crippen LogP contribution in [0.5, 0.6) is 0 Å². The van der Waals surface area contributed by atoms with Gasteiger partial charge < -0.3 is 10.4 Å². The Kier molecular flexibility index (Phi) is 3.98. The minimum atomic E-state index is -0.372. The summed E-state index contributed by atoms with van der Waals surface area (Å²) in [5.74, 6) is 0. The highest BCUT2D eigenvalue weighted by atomic mass is 16.3. The van der Waals surface area contributed by atoms with Gasteiger partial charge in [0.15, 0.2) is 0 Å². The van der Waals surface area contributed by atoms with Crippen LogP contribution < -0.4 is 5.32 Å². The van der Waals surface area contributed by atoms with E-state index in [1.54, 1.807) is 12.4 Å². The fraction of sp³-hybridized carbons (Fsp3) is 0.154. The summed E-state index contributed by atoms with van der Waals surface area (Å²) in [4.78, 5) is 18.3. The Labute approximate surface area is 105 Å². The molecule has 18 heavy (non-hydrogen) atoms. The molecule has 2 N–H and O–H groups in total. The van der Waals surface area contributed by atoms with Crippen molar-refractivity contribution in [2.24, 2.45) is 0 Å². The summed E-state index contributed by atoms with van der Waals surface area (Å²) < 4.78 is 0. The number of hydrogen-bond donors (Lipinski definition) is 2. The predicted molar refractivity (Wildman–Crippen MR) is 66.5 cm³/mol. The zero-order chi connectivity index (χ0) is 12.8. The van der Waals surface area contributed by atoms with Crippen molar-refractivity contribution in [2.45, 2.75) is 6.04 Å². The Morgan fingerprint density at radius 3 is 2.39 bits per heavy atom. The first-order valence-electron chi connectivity index (χ1n) is 5.51. The molecule has 1 aromatic carbocycles. The largest absolute Gasteiger partial charge is 0.394 e. The van der Waals surface area contributed by atoms with Crippen molar-refractivity contribution in [1.82, 2.24) is 15.3 Å². The van der Waals surface area contributed by atoms with E-state index in [4.69, 9.17) is 5.11 Å². The van der Waals surface area contributed by atoms with Crippen molar-refractivity contribution in [2.75, 3.05) is 6.61 Å². The highest BCUT2D eigenvalue weighted by Gasteiger charge is 2.08. The molecule has 1 unspecified atom stereocenters. The van der Waals surface area contributed by atoms with E-state index in [9.17, 15) is 4.79 Å². The summed E-state index contributed by atoms with van der Waals surface area (Å²) in [6.45, 7) is -0.132. The molecule has 0 fully saturated rings. The van der Waals surface area contributed by atoms with Gasteiger partial charge in [-0.15, -0.1) is 0 Å². The molecule has 0 saturated heterocycles. The number of carbonyl (C=O) groups excluding carboxylic acids is 1. The van der Waals surface area contributed by atoms with Crippen LogP contribution in [0.15, 0.2) is 43.0 Å². The molecule has 1 heterocycles. The standard InChI is InChI=1S/C13H13N3O2/c17-7-13(16-9-18)11-3-1-10(2-4-11)12-5-14-8-15-6-12/h1-6,8-9,13,17H,7H2,(H,16,18). The molecular weight excluding hydrogens is 230 g/mol. The van der Waals surface area contributed by atoms with Gasteiger partial charge in [0.05, 0.1) is 12.6 Å². The minimum absolute atomic E-state index is 0.132. The molecule has 5 nitrogen and oxygen atoms in total. The zero-order valence-corrected chi connectivity index (χ0v) is 9.65. The highest BCUT2D eigenvalue weighted by Crippen LogP contribution is 2.20. The summed E-state index contributed by atoms with van der Waals surface area (Å²) in [6, 6.07) is 7.16. The first kappa shape index (κ1) is 12.2. The monoisotopic (exact) mass is 243 g/mol.